The zero-order valence-electron chi connectivity index (χ0n) is 6.97. The maximum absolute atomic E-state index is 9.91. The third-order valence-corrected chi connectivity index (χ3v) is 1.22. The molecule has 0 rings (SSSR count). The summed E-state index contributed by atoms with van der Waals surface area (Å²) in [7, 11) is 0. The summed E-state index contributed by atoms with van der Waals surface area (Å²) in [6.45, 7) is 2.71. The van der Waals surface area contributed by atoms with Crippen molar-refractivity contribution in [2.24, 2.45) is 0 Å². The summed E-state index contributed by atoms with van der Waals surface area (Å²) < 4.78 is 6.92. The van der Waals surface area contributed by atoms with Crippen LogP contribution in [0.3, 0.4) is 0 Å². The molecule has 2 nitrogen and oxygen atoms in total. The van der Waals surface area contributed by atoms with Gasteiger partial charge in [-0.25, -0.2) is 0 Å². The second kappa shape index (κ2) is 7.47. The van der Waals surface area contributed by atoms with Gasteiger partial charge in [-0.15, -0.1) is 0 Å². The van der Waals surface area contributed by atoms with Crippen LogP contribution in [0.5, 0.6) is 0 Å². The number of carbonyl (C=O) groups is 1. The van der Waals surface area contributed by atoms with Crippen molar-refractivity contribution in [3.05, 3.63) is 0 Å². The van der Waals surface area contributed by atoms with Crippen LogP contribution in [0.25, 0.3) is 0 Å². The molecule has 0 spiro atoms. The van der Waals surface area contributed by atoms with Gasteiger partial charge >= 0.3 is 0 Å². The Kier molecular flexibility index (Phi) is 5.47. The van der Waals surface area contributed by atoms with Gasteiger partial charge in [-0.3, -0.25) is 4.79 Å². The molecule has 0 aliphatic rings. The second-order valence-corrected chi connectivity index (χ2v) is 2.07. The van der Waals surface area contributed by atoms with Gasteiger partial charge in [-0.05, 0) is 6.42 Å². The lowest BCUT2D eigenvalue weighted by atomic mass is 10.2. The molecule has 0 bridgehead atoms. The summed E-state index contributed by atoms with van der Waals surface area (Å²) in [5, 5.41) is 0.940. The molecule has 1 N–H and O–H groups in total. The average molecular weight is 131 g/mol. The molecule has 9 heavy (non-hydrogen) atoms. The molecule has 0 aliphatic heterocycles. The van der Waals surface area contributed by atoms with E-state index in [0.29, 0.717) is 13.0 Å². The fourth-order valence-corrected chi connectivity index (χ4v) is 0.683. The lowest BCUT2D eigenvalue weighted by molar-refractivity contribution is -0.109. The van der Waals surface area contributed by atoms with Crippen LogP contribution in [-0.4, -0.2) is 13.0 Å². The van der Waals surface area contributed by atoms with E-state index in [1.165, 1.54) is 12.8 Å². The van der Waals surface area contributed by atoms with Crippen molar-refractivity contribution < 1.29 is 6.21 Å². The molecule has 2 heteroatoms. The van der Waals surface area contributed by atoms with E-state index in [4.69, 9.17) is 1.41 Å². The van der Waals surface area contributed by atoms with Crippen molar-refractivity contribution in [2.45, 2.75) is 32.6 Å². The van der Waals surface area contributed by atoms with Gasteiger partial charge < -0.3 is 5.31 Å². The highest BCUT2D eigenvalue weighted by atomic mass is 16.1. The first-order valence-electron chi connectivity index (χ1n) is 3.96. The molecule has 54 valence electrons. The van der Waals surface area contributed by atoms with Crippen molar-refractivity contribution in [1.82, 2.24) is 5.31 Å². The summed E-state index contributed by atoms with van der Waals surface area (Å²) in [5.74, 6) is 0. The number of hydrogen-bond acceptors (Lipinski definition) is 1. The van der Waals surface area contributed by atoms with Crippen LogP contribution in [0, 0.1) is 0 Å². The quantitative estimate of drug-likeness (QED) is 0.427. The van der Waals surface area contributed by atoms with Gasteiger partial charge in [0.25, 0.3) is 0 Å². The first kappa shape index (κ1) is 6.59. The van der Waals surface area contributed by atoms with E-state index in [2.05, 4.69) is 6.92 Å². The second-order valence-electron chi connectivity index (χ2n) is 2.07. The Bertz CT molecular complexity index is 87.7. The Morgan fingerprint density at radius 3 is 2.89 bits per heavy atom. The maximum atomic E-state index is 9.91. The van der Waals surface area contributed by atoms with Crippen LogP contribution in [0.1, 0.15) is 32.6 Å². The predicted octanol–water partition coefficient (Wildman–Crippen LogP) is 1.31. The number of rotatable bonds is 6. The minimum Gasteiger partial charge on any atom is -0.359 e. The molecule has 0 saturated carbocycles. The third kappa shape index (κ3) is 7.47. The fraction of sp³-hybridized carbons (Fsp3) is 0.857. The molecule has 0 aromatic carbocycles. The highest BCUT2D eigenvalue weighted by Gasteiger charge is 1.84. The average Bonchev–Trinajstić information content (AvgIpc) is 1.98. The lowest BCUT2D eigenvalue weighted by Gasteiger charge is -1.96. The standard InChI is InChI=1S/C7H15NO/c1-2-3-4-5-6-8-7-9/h7H,2-6H2,1H3,(H,8,9)/i/hT. The van der Waals surface area contributed by atoms with Crippen molar-refractivity contribution in [3.63, 3.8) is 0 Å². The molecule has 0 aliphatic carbocycles. The molecule has 0 fully saturated rings. The Morgan fingerprint density at radius 2 is 2.33 bits per heavy atom. The van der Waals surface area contributed by atoms with Gasteiger partial charge in [-0.2, -0.15) is 0 Å². The van der Waals surface area contributed by atoms with Crippen LogP contribution in [0.4, 0.5) is 0 Å². The molecular formula is C7H15NO. The van der Waals surface area contributed by atoms with Gasteiger partial charge in [0.05, 0.1) is 0 Å². The molecular weight excluding hydrogens is 114 g/mol. The Balaban J connectivity index is 2.95. The smallest absolute Gasteiger partial charge is 0.207 e. The zero-order valence-corrected chi connectivity index (χ0v) is 5.97. The highest BCUT2D eigenvalue weighted by Crippen LogP contribution is 1.96. The van der Waals surface area contributed by atoms with E-state index in [9.17, 15) is 4.79 Å². The molecule has 0 unspecified atom stereocenters. The summed E-state index contributed by atoms with van der Waals surface area (Å²) in [6, 6.07) is 0. The Hall–Kier alpha value is -0.530. The molecule has 0 atom stereocenters. The minimum absolute atomic E-state index is 0.548. The SMILES string of the molecule is [3H]N(C=O)CCCCCC. The summed E-state index contributed by atoms with van der Waals surface area (Å²) in [4.78, 5) is 9.91. The number of unbranched alkanes of at least 4 members (excludes halogenated alkanes) is 3. The number of amides is 1. The number of carbonyl (C=O) groups excluding carboxylic acids is 1. The summed E-state index contributed by atoms with van der Waals surface area (Å²) >= 11 is 0. The monoisotopic (exact) mass is 131 g/mol. The Morgan fingerprint density at radius 1 is 1.56 bits per heavy atom. The van der Waals surface area contributed by atoms with Gasteiger partial charge in [0.1, 0.15) is 0 Å². The van der Waals surface area contributed by atoms with Crippen LogP contribution in [0.15, 0.2) is 0 Å². The number of nitrogens with one attached hydrogen (secondary N) is 1. The van der Waals surface area contributed by atoms with E-state index in [0.717, 1.165) is 18.2 Å². The van der Waals surface area contributed by atoms with Crippen molar-refractivity contribution >= 4 is 6.41 Å². The van der Waals surface area contributed by atoms with E-state index in [1.807, 2.05) is 0 Å². The largest absolute Gasteiger partial charge is 0.359 e. The summed E-state index contributed by atoms with van der Waals surface area (Å²) in [5.41, 5.74) is 0. The normalized spacial score (nSPS) is 10.6. The molecule has 0 aromatic heterocycles. The zero-order chi connectivity index (χ0) is 7.82. The third-order valence-electron chi connectivity index (χ3n) is 1.22. The van der Waals surface area contributed by atoms with E-state index >= 15 is 0 Å². The maximum Gasteiger partial charge on any atom is 0.207 e. The van der Waals surface area contributed by atoms with Crippen molar-refractivity contribution in [3.8, 4) is 0 Å². The molecule has 0 saturated heterocycles. The van der Waals surface area contributed by atoms with Gasteiger partial charge in [0.2, 0.25) is 6.41 Å². The van der Waals surface area contributed by atoms with E-state index in [-0.39, 0.29) is 0 Å². The van der Waals surface area contributed by atoms with Gasteiger partial charge in [0.15, 0.2) is 1.41 Å². The fourth-order valence-electron chi connectivity index (χ4n) is 0.683. The van der Waals surface area contributed by atoms with Gasteiger partial charge in [0, 0.05) is 6.54 Å². The first-order valence-corrected chi connectivity index (χ1v) is 3.52. The van der Waals surface area contributed by atoms with Crippen LogP contribution in [-0.2, 0) is 4.79 Å². The lowest BCUT2D eigenvalue weighted by Crippen LogP contribution is -2.11. The Labute approximate surface area is 58.1 Å². The van der Waals surface area contributed by atoms with Crippen molar-refractivity contribution in [1.29, 1.82) is 0 Å². The van der Waals surface area contributed by atoms with Crippen LogP contribution in [0.2, 0.25) is 1.41 Å². The number of hydrogen-bond donors (Lipinski definition) is 1. The van der Waals surface area contributed by atoms with Crippen LogP contribution < -0.4 is 5.31 Å². The predicted molar refractivity (Wildman–Crippen MR) is 38.2 cm³/mol. The molecule has 0 aromatic rings. The van der Waals surface area contributed by atoms with E-state index in [1.54, 1.807) is 0 Å². The molecule has 1 amide bonds. The van der Waals surface area contributed by atoms with Crippen LogP contribution >= 0.6 is 0 Å². The highest BCUT2D eigenvalue weighted by molar-refractivity contribution is 5.45. The topological polar surface area (TPSA) is 29.1 Å². The minimum atomic E-state index is 0.548. The van der Waals surface area contributed by atoms with Crippen molar-refractivity contribution in [2.75, 3.05) is 6.54 Å². The molecule has 0 heterocycles. The van der Waals surface area contributed by atoms with Gasteiger partial charge in [-0.1, -0.05) is 26.2 Å². The summed E-state index contributed by atoms with van der Waals surface area (Å²) in [6.07, 6.45) is 5.02. The van der Waals surface area contributed by atoms with E-state index < -0.39 is 0 Å². The first-order chi connectivity index (χ1) is 4.81. The molecule has 0 radical (unpaired) electrons.